The molecule has 5 N–H and O–H groups in total. The van der Waals surface area contributed by atoms with Crippen LogP contribution in [-0.2, 0) is 65.1 Å². The largest absolute Gasteiger partial charge is 0.395 e. The van der Waals surface area contributed by atoms with Gasteiger partial charge in [0.1, 0.15) is 0 Å². The number of likely N-dealkylation sites (N-methyl/N-ethyl adjacent to an activating group) is 1. The van der Waals surface area contributed by atoms with Crippen molar-refractivity contribution >= 4 is 113 Å². The van der Waals surface area contributed by atoms with Crippen molar-refractivity contribution in [1.82, 2.24) is 20.5 Å². The summed E-state index contributed by atoms with van der Waals surface area (Å²) in [5.41, 5.74) is 8.06. The third kappa shape index (κ3) is 32.6. The molecule has 4 saturated heterocycles. The van der Waals surface area contributed by atoms with Crippen LogP contribution in [0.15, 0.2) is 344 Å². The van der Waals surface area contributed by atoms with Crippen molar-refractivity contribution in [2.24, 2.45) is 17.8 Å². The normalized spacial score (nSPS) is 16.7. The Morgan fingerprint density at radius 1 is 0.577 bits per heavy atom. The Morgan fingerprint density at radius 3 is 1.55 bits per heavy atom. The fraction of sp³-hybridized carbons (Fsp3) is 0.272. The number of carbonyl (C=O) groups is 4. The molecule has 16 nitrogen and oxygen atoms in total. The molecule has 4 aliphatic heterocycles. The molecule has 0 saturated carbocycles. The average molecular weight is 1730 g/mol. The maximum Gasteiger partial charge on any atom is 0.235 e. The Morgan fingerprint density at radius 2 is 1.07 bits per heavy atom. The van der Waals surface area contributed by atoms with E-state index < -0.39 is 33.6 Å². The summed E-state index contributed by atoms with van der Waals surface area (Å²) in [7, 11) is -1.86. The van der Waals surface area contributed by atoms with Crippen molar-refractivity contribution in [2.75, 3.05) is 42.3 Å². The zero-order chi connectivity index (χ0) is 88.3. The number of para-hydroxylation sites is 2. The van der Waals surface area contributed by atoms with E-state index in [4.69, 9.17) is 29.2 Å². The summed E-state index contributed by atoms with van der Waals surface area (Å²) in [6.45, 7) is 19.0. The number of anilines is 2. The maximum absolute atomic E-state index is 12.7. The first kappa shape index (κ1) is 97.4. The number of aromatic nitrogens is 1. The third-order valence-corrected chi connectivity index (χ3v) is 23.0. The van der Waals surface area contributed by atoms with Crippen LogP contribution >= 0.6 is 24.4 Å². The molecule has 4 aliphatic rings. The predicted octanol–water partition coefficient (Wildman–Crippen LogP) is 20.2. The highest BCUT2D eigenvalue weighted by Crippen LogP contribution is 2.33. The van der Waals surface area contributed by atoms with Crippen LogP contribution < -0.4 is 20.4 Å². The van der Waals surface area contributed by atoms with Crippen molar-refractivity contribution in [3.63, 3.8) is 0 Å². The van der Waals surface area contributed by atoms with Crippen LogP contribution in [0.1, 0.15) is 132 Å². The van der Waals surface area contributed by atoms with Gasteiger partial charge in [0.15, 0.2) is 0 Å². The predicted molar refractivity (Wildman–Crippen MR) is 511 cm³/mol. The van der Waals surface area contributed by atoms with Gasteiger partial charge in [-0.25, -0.2) is 4.21 Å². The van der Waals surface area contributed by atoms with Crippen LogP contribution in [0.2, 0.25) is 0 Å². The number of hydrogen-bond acceptors (Lipinski definition) is 14. The molecule has 12 aromatic rings. The molecule has 123 heavy (non-hydrogen) atoms. The first-order valence-corrected chi connectivity index (χ1v) is 45.3. The lowest BCUT2D eigenvalue weighted by molar-refractivity contribution is -0.134. The van der Waals surface area contributed by atoms with Crippen LogP contribution in [0.4, 0.5) is 11.4 Å². The second kappa shape index (κ2) is 53.1. The number of pyridine rings is 1. The highest BCUT2D eigenvalue weighted by atomic mass is 32.2. The van der Waals surface area contributed by atoms with Gasteiger partial charge in [-0.3, -0.25) is 38.2 Å². The van der Waals surface area contributed by atoms with Gasteiger partial charge in [-0.2, -0.15) is 0 Å². The summed E-state index contributed by atoms with van der Waals surface area (Å²) < 4.78 is 27.5. The second-order valence-electron chi connectivity index (χ2n) is 30.3. The van der Waals surface area contributed by atoms with E-state index in [0.29, 0.717) is 37.6 Å². The minimum atomic E-state index is -1.03. The summed E-state index contributed by atoms with van der Waals surface area (Å²) in [6, 6.07) is 100. The summed E-state index contributed by atoms with van der Waals surface area (Å²) >= 11 is 10.7. The molecule has 9 atom stereocenters. The molecule has 0 aliphatic carbocycles. The molecule has 1 aromatic heterocycles. The van der Waals surface area contributed by atoms with Crippen molar-refractivity contribution in [2.45, 2.75) is 140 Å². The zero-order valence-corrected chi connectivity index (χ0v) is 74.6. The molecule has 0 bridgehead atoms. The number of thiocarbonyl (C=S) groups is 2. The molecule has 642 valence electrons. The lowest BCUT2D eigenvalue weighted by atomic mass is 9.96. The molecule has 5 heterocycles. The number of aliphatic hydroxyl groups is 3. The molecule has 11 aromatic carbocycles. The average Bonchev–Trinajstić information content (AvgIpc) is 1.69. The van der Waals surface area contributed by atoms with E-state index in [2.05, 4.69) is 84.6 Å². The van der Waals surface area contributed by atoms with E-state index >= 15 is 0 Å². The molecular weight excluding hydrogens is 1610 g/mol. The highest BCUT2D eigenvalue weighted by Gasteiger charge is 2.38. The molecule has 16 rings (SSSR count). The fourth-order valence-corrected chi connectivity index (χ4v) is 15.8. The SMILES string of the molecule is C=CS(=O)c1ccccc1.CC(C)CC1CC(=S)N(c2ccccc2)C1=O.CC(O)c1ccc2ccccc2c1.CC(O)c1cccc2ccccc12.CC1CCC(=O)N1.CCN(Cc1ccncc1)C(=O)C(CO)c1ccccc1.CS(=O)c1ccccc1.O=C1C(Cc2ccccc2)CC(=S)N1c1ccccc1.c1ccc(COC2CCNC2)cc1. The van der Waals surface area contributed by atoms with Crippen LogP contribution in [0.3, 0.4) is 0 Å². The van der Waals surface area contributed by atoms with E-state index in [1.54, 1.807) is 47.2 Å². The van der Waals surface area contributed by atoms with E-state index in [9.17, 15) is 42.9 Å². The first-order chi connectivity index (χ1) is 59.5. The van der Waals surface area contributed by atoms with E-state index in [-0.39, 0.29) is 48.2 Å². The lowest BCUT2D eigenvalue weighted by Gasteiger charge is -2.25. The monoisotopic (exact) mass is 1720 g/mol. The Balaban J connectivity index is 0.000000175. The van der Waals surface area contributed by atoms with Crippen LogP contribution in [0.5, 0.6) is 0 Å². The Kier molecular flexibility index (Phi) is 42.1. The van der Waals surface area contributed by atoms with Gasteiger partial charge in [0.05, 0.1) is 58.2 Å². The van der Waals surface area contributed by atoms with E-state index in [0.717, 1.165) is 117 Å². The Labute approximate surface area is 742 Å². The van der Waals surface area contributed by atoms with Gasteiger partial charge in [0, 0.05) is 113 Å². The Bertz CT molecular complexity index is 5220. The number of nitrogens with zero attached hydrogens (tertiary/aromatic N) is 4. The quantitative estimate of drug-likeness (QED) is 0.0449. The standard InChI is InChI=1S/C17H20N2O2.C17H15NOS.C14H17NOS.2C12H12O.C11H15NO.C8H8OS.C7H8OS.C5H9NO/c1-2-19(12-14-8-10-18-11-9-14)17(21)16(13-20)15-6-4-3-5-7-15;19-17-14(11-13-7-3-1-4-8-13)12-16(20)18(17)15-9-5-2-6-10-15;1-10(2)8-11-9-13(17)15(14(11)16)12-6-4-3-5-7-12;1-9(13)11-8-4-6-10-5-2-3-7-12(10)11;1-9(13)11-7-6-10-4-2-3-5-12(10)8-11;1-2-4-10(5-3-1)9-13-11-6-7-12-8-11;1-2-10(9)8-6-4-3-5-7-8;1-9(8)7-5-3-2-4-6-7;1-4-2-3-5(7)6-4/h3-11,16,20H,2,12-13H2,1H3;1-10,14H,11-12H2;3-7,10-11H,8-9H2,1-2H3;2*2-9,13H,1H3;1-5,11-12H,6-9H2;2-7H,1H2;2-6H,1H3;4H,2-3H2,1H3,(H,6,7). The van der Waals surface area contributed by atoms with Crippen molar-refractivity contribution in [1.29, 1.82) is 0 Å². The summed E-state index contributed by atoms with van der Waals surface area (Å²) in [5.74, 6) is 0.485. The fourth-order valence-electron chi connectivity index (χ4n) is 13.9. The molecule has 4 fully saturated rings. The van der Waals surface area contributed by atoms with Gasteiger partial charge < -0.3 is 35.6 Å². The van der Waals surface area contributed by atoms with Gasteiger partial charge in [-0.15, -0.1) is 0 Å². The molecule has 4 amide bonds. The van der Waals surface area contributed by atoms with E-state index in [1.165, 1.54) is 32.7 Å². The van der Waals surface area contributed by atoms with Gasteiger partial charge in [-0.1, -0.05) is 288 Å². The number of rotatable bonds is 20. The number of benzene rings is 11. The van der Waals surface area contributed by atoms with Gasteiger partial charge in [-0.05, 0) is 187 Å². The van der Waals surface area contributed by atoms with Crippen molar-refractivity contribution < 1.29 is 47.7 Å². The third-order valence-electron chi connectivity index (χ3n) is 20.4. The molecule has 0 spiro atoms. The lowest BCUT2D eigenvalue weighted by Crippen LogP contribution is -2.36. The van der Waals surface area contributed by atoms with Crippen LogP contribution in [0.25, 0.3) is 21.5 Å². The topological polar surface area (TPSA) is 219 Å². The molecular formula is C103H116N6O10S4. The number of ether oxygens (including phenoxy) is 1. The van der Waals surface area contributed by atoms with Crippen LogP contribution in [-0.4, -0.2) is 112 Å². The first-order valence-electron chi connectivity index (χ1n) is 41.7. The minimum Gasteiger partial charge on any atom is -0.395 e. The zero-order valence-electron chi connectivity index (χ0n) is 71.3. The second-order valence-corrected chi connectivity index (χ2v) is 34.0. The number of nitrogens with one attached hydrogen (secondary N) is 2. The minimum absolute atomic E-state index is 0.0369. The van der Waals surface area contributed by atoms with Crippen molar-refractivity contribution in [3.8, 4) is 0 Å². The summed E-state index contributed by atoms with van der Waals surface area (Å²) in [6.07, 6.45) is 10.7. The van der Waals surface area contributed by atoms with Gasteiger partial charge in [0.25, 0.3) is 0 Å². The number of amides is 4. The highest BCUT2D eigenvalue weighted by molar-refractivity contribution is 7.88. The summed E-state index contributed by atoms with van der Waals surface area (Å²) in [5, 5.41) is 40.7. The molecule has 20 heteroatoms. The Hall–Kier alpha value is -11.0. The van der Waals surface area contributed by atoms with Crippen molar-refractivity contribution in [3.05, 3.63) is 367 Å². The van der Waals surface area contributed by atoms with Gasteiger partial charge in [0.2, 0.25) is 23.6 Å². The molecule has 9 unspecified atom stereocenters. The smallest absolute Gasteiger partial charge is 0.235 e. The number of hydrogen-bond donors (Lipinski definition) is 5. The maximum atomic E-state index is 12.7. The number of carbonyl (C=O) groups excluding carboxylic acids is 4. The summed E-state index contributed by atoms with van der Waals surface area (Å²) in [4.78, 5) is 60.1. The number of aliphatic hydroxyl groups excluding tert-OH is 3. The van der Waals surface area contributed by atoms with E-state index in [1.807, 2.05) is 275 Å². The van der Waals surface area contributed by atoms with Gasteiger partial charge >= 0.3 is 0 Å². The molecule has 0 radical (unpaired) electrons. The number of fused-ring (bicyclic) bond motifs is 2. The van der Waals surface area contributed by atoms with Crippen LogP contribution in [0, 0.1) is 17.8 Å².